The monoisotopic (exact) mass is 388 g/mol. The second kappa shape index (κ2) is 9.55. The minimum atomic E-state index is -3.72. The van der Waals surface area contributed by atoms with Gasteiger partial charge in [0, 0.05) is 12.1 Å². The fourth-order valence-electron chi connectivity index (χ4n) is 2.76. The Kier molecular flexibility index (Phi) is 7.42. The van der Waals surface area contributed by atoms with Crippen molar-refractivity contribution in [1.82, 2.24) is 5.32 Å². The molecule has 0 radical (unpaired) electrons. The van der Waals surface area contributed by atoms with E-state index in [0.29, 0.717) is 17.8 Å². The van der Waals surface area contributed by atoms with E-state index in [1.165, 1.54) is 24.3 Å². The number of rotatable bonds is 9. The van der Waals surface area contributed by atoms with Crippen molar-refractivity contribution in [3.8, 4) is 0 Å². The van der Waals surface area contributed by atoms with Gasteiger partial charge in [0.1, 0.15) is 0 Å². The molecule has 2 N–H and O–H groups in total. The van der Waals surface area contributed by atoms with E-state index in [1.807, 2.05) is 26.0 Å². The van der Waals surface area contributed by atoms with Gasteiger partial charge in [-0.15, -0.1) is 0 Å². The number of carbonyl (C=O) groups is 1. The Morgan fingerprint density at radius 3 is 2.30 bits per heavy atom. The van der Waals surface area contributed by atoms with Gasteiger partial charge in [0.05, 0.1) is 10.6 Å². The average molecular weight is 389 g/mol. The number of sulfonamides is 1. The molecule has 0 fully saturated rings. The average Bonchev–Trinajstić information content (AvgIpc) is 2.65. The van der Waals surface area contributed by atoms with Crippen molar-refractivity contribution in [3.63, 3.8) is 0 Å². The van der Waals surface area contributed by atoms with E-state index < -0.39 is 10.0 Å². The minimum Gasteiger partial charge on any atom is -0.352 e. The van der Waals surface area contributed by atoms with Crippen molar-refractivity contribution < 1.29 is 13.2 Å². The second-order valence-electron chi connectivity index (χ2n) is 6.83. The van der Waals surface area contributed by atoms with Crippen LogP contribution in [0.1, 0.15) is 61.9 Å². The molecule has 5 nitrogen and oxygen atoms in total. The van der Waals surface area contributed by atoms with E-state index in [0.717, 1.165) is 24.8 Å². The molecule has 0 heterocycles. The zero-order valence-electron chi connectivity index (χ0n) is 16.2. The van der Waals surface area contributed by atoms with Crippen LogP contribution in [-0.2, 0) is 10.0 Å². The van der Waals surface area contributed by atoms with Gasteiger partial charge in [-0.05, 0) is 48.2 Å². The molecule has 0 saturated heterocycles. The number of nitrogens with one attached hydrogen (secondary N) is 2. The first-order chi connectivity index (χ1) is 12.8. The molecule has 0 spiro atoms. The topological polar surface area (TPSA) is 75.3 Å². The molecular formula is C21H28N2O3S. The van der Waals surface area contributed by atoms with E-state index in [4.69, 9.17) is 0 Å². The first-order valence-corrected chi connectivity index (χ1v) is 10.8. The molecule has 0 bridgehead atoms. The molecule has 2 aromatic rings. The number of anilines is 1. The fourth-order valence-corrected chi connectivity index (χ4v) is 3.85. The Morgan fingerprint density at radius 1 is 1.00 bits per heavy atom. The maximum absolute atomic E-state index is 12.7. The Hall–Kier alpha value is -2.34. The standard InChI is InChI=1S/C21H28N2O3S/c1-4-5-8-15-22-21(24)17-11-13-18(14-12-17)27(25,26)23-20-10-7-6-9-19(20)16(2)3/h6-7,9-14,16,23H,4-5,8,15H2,1-3H3,(H,22,24). The van der Waals surface area contributed by atoms with Crippen LogP contribution in [0.5, 0.6) is 0 Å². The molecule has 2 aromatic carbocycles. The summed E-state index contributed by atoms with van der Waals surface area (Å²) < 4.78 is 28.0. The molecule has 2 rings (SSSR count). The van der Waals surface area contributed by atoms with Crippen molar-refractivity contribution in [1.29, 1.82) is 0 Å². The van der Waals surface area contributed by atoms with E-state index >= 15 is 0 Å². The number of unbranched alkanes of at least 4 members (excludes halogenated alkanes) is 2. The summed E-state index contributed by atoms with van der Waals surface area (Å²) >= 11 is 0. The predicted octanol–water partition coefficient (Wildman–Crippen LogP) is 4.53. The molecule has 146 valence electrons. The van der Waals surface area contributed by atoms with Gasteiger partial charge in [0.15, 0.2) is 0 Å². The highest BCUT2D eigenvalue weighted by Gasteiger charge is 2.17. The third-order valence-electron chi connectivity index (χ3n) is 4.32. The fraction of sp³-hybridized carbons (Fsp3) is 0.381. The van der Waals surface area contributed by atoms with Crippen molar-refractivity contribution in [2.75, 3.05) is 11.3 Å². The normalized spacial score (nSPS) is 11.4. The van der Waals surface area contributed by atoms with Crippen molar-refractivity contribution in [2.24, 2.45) is 0 Å². The van der Waals surface area contributed by atoms with E-state index in [-0.39, 0.29) is 16.7 Å². The van der Waals surface area contributed by atoms with Gasteiger partial charge in [-0.1, -0.05) is 51.8 Å². The first-order valence-electron chi connectivity index (χ1n) is 9.35. The van der Waals surface area contributed by atoms with E-state index in [9.17, 15) is 13.2 Å². The highest BCUT2D eigenvalue weighted by atomic mass is 32.2. The van der Waals surface area contributed by atoms with Gasteiger partial charge in [-0.3, -0.25) is 9.52 Å². The van der Waals surface area contributed by atoms with Gasteiger partial charge >= 0.3 is 0 Å². The Balaban J connectivity index is 2.10. The second-order valence-corrected chi connectivity index (χ2v) is 8.52. The van der Waals surface area contributed by atoms with Crippen LogP contribution in [-0.4, -0.2) is 20.9 Å². The summed E-state index contributed by atoms with van der Waals surface area (Å²) in [6, 6.07) is 13.4. The van der Waals surface area contributed by atoms with Crippen LogP contribution in [0, 0.1) is 0 Å². The maximum Gasteiger partial charge on any atom is 0.261 e. The number of benzene rings is 2. The van der Waals surface area contributed by atoms with Gasteiger partial charge in [0.25, 0.3) is 15.9 Å². The molecule has 0 aromatic heterocycles. The first kappa shape index (κ1) is 21.0. The third kappa shape index (κ3) is 5.82. The number of amides is 1. The number of para-hydroxylation sites is 1. The largest absolute Gasteiger partial charge is 0.352 e. The lowest BCUT2D eigenvalue weighted by molar-refractivity contribution is 0.0953. The van der Waals surface area contributed by atoms with Gasteiger partial charge in [-0.25, -0.2) is 8.42 Å². The minimum absolute atomic E-state index is 0.128. The zero-order chi connectivity index (χ0) is 19.9. The van der Waals surface area contributed by atoms with Gasteiger partial charge < -0.3 is 5.32 Å². The molecule has 1 amide bonds. The molecule has 0 aliphatic heterocycles. The summed E-state index contributed by atoms with van der Waals surface area (Å²) in [6.07, 6.45) is 3.10. The summed E-state index contributed by atoms with van der Waals surface area (Å²) in [5.74, 6) is 0.0100. The summed E-state index contributed by atoms with van der Waals surface area (Å²) in [7, 11) is -3.72. The van der Waals surface area contributed by atoms with Crippen molar-refractivity contribution in [3.05, 3.63) is 59.7 Å². The summed E-state index contributed by atoms with van der Waals surface area (Å²) in [5.41, 5.74) is 1.96. The number of hydrogen-bond acceptors (Lipinski definition) is 3. The molecular weight excluding hydrogens is 360 g/mol. The van der Waals surface area contributed by atoms with Crippen LogP contribution in [0.3, 0.4) is 0 Å². The van der Waals surface area contributed by atoms with Crippen LogP contribution < -0.4 is 10.0 Å². The highest BCUT2D eigenvalue weighted by molar-refractivity contribution is 7.92. The maximum atomic E-state index is 12.7. The Morgan fingerprint density at radius 2 is 1.67 bits per heavy atom. The predicted molar refractivity (Wildman–Crippen MR) is 110 cm³/mol. The molecule has 27 heavy (non-hydrogen) atoms. The van der Waals surface area contributed by atoms with Crippen LogP contribution in [0.25, 0.3) is 0 Å². The van der Waals surface area contributed by atoms with Crippen LogP contribution >= 0.6 is 0 Å². The smallest absolute Gasteiger partial charge is 0.261 e. The molecule has 0 aliphatic rings. The number of carbonyl (C=O) groups excluding carboxylic acids is 1. The molecule has 0 aliphatic carbocycles. The van der Waals surface area contributed by atoms with Crippen molar-refractivity contribution in [2.45, 2.75) is 50.8 Å². The lowest BCUT2D eigenvalue weighted by Crippen LogP contribution is -2.24. The molecule has 0 unspecified atom stereocenters. The molecule has 0 saturated carbocycles. The van der Waals surface area contributed by atoms with Crippen LogP contribution in [0.15, 0.2) is 53.4 Å². The highest BCUT2D eigenvalue weighted by Crippen LogP contribution is 2.26. The Labute approximate surface area is 162 Å². The van der Waals surface area contributed by atoms with Crippen LogP contribution in [0.4, 0.5) is 5.69 Å². The van der Waals surface area contributed by atoms with E-state index in [1.54, 1.807) is 12.1 Å². The van der Waals surface area contributed by atoms with Crippen molar-refractivity contribution >= 4 is 21.6 Å². The lowest BCUT2D eigenvalue weighted by Gasteiger charge is -2.15. The molecule has 6 heteroatoms. The Bertz CT molecular complexity index is 859. The SMILES string of the molecule is CCCCCNC(=O)c1ccc(S(=O)(=O)Nc2ccccc2C(C)C)cc1. The van der Waals surface area contributed by atoms with Gasteiger partial charge in [0.2, 0.25) is 0 Å². The van der Waals surface area contributed by atoms with Gasteiger partial charge in [-0.2, -0.15) is 0 Å². The summed E-state index contributed by atoms with van der Waals surface area (Å²) in [6.45, 7) is 6.76. The number of hydrogen-bond donors (Lipinski definition) is 2. The lowest BCUT2D eigenvalue weighted by atomic mass is 10.0. The zero-order valence-corrected chi connectivity index (χ0v) is 17.0. The summed E-state index contributed by atoms with van der Waals surface area (Å²) in [5, 5.41) is 2.85. The quantitative estimate of drug-likeness (QED) is 0.620. The summed E-state index contributed by atoms with van der Waals surface area (Å²) in [4.78, 5) is 12.2. The van der Waals surface area contributed by atoms with Crippen LogP contribution in [0.2, 0.25) is 0 Å². The van der Waals surface area contributed by atoms with E-state index in [2.05, 4.69) is 17.0 Å². The molecule has 0 atom stereocenters. The third-order valence-corrected chi connectivity index (χ3v) is 5.70.